The van der Waals surface area contributed by atoms with Crippen LogP contribution < -0.4 is 5.32 Å². The summed E-state index contributed by atoms with van der Waals surface area (Å²) in [5.74, 6) is 1.65. The molecule has 108 valence electrons. The van der Waals surface area contributed by atoms with E-state index in [-0.39, 0.29) is 10.6 Å². The van der Waals surface area contributed by atoms with Gasteiger partial charge in [0.2, 0.25) is 0 Å². The highest BCUT2D eigenvalue weighted by Crippen LogP contribution is 2.27. The summed E-state index contributed by atoms with van der Waals surface area (Å²) in [7, 11) is 0. The predicted molar refractivity (Wildman–Crippen MR) is 83.8 cm³/mol. The molecule has 0 amide bonds. The van der Waals surface area contributed by atoms with Crippen molar-refractivity contribution in [3.8, 4) is 0 Å². The summed E-state index contributed by atoms with van der Waals surface area (Å²) in [6.07, 6.45) is 1.14. The lowest BCUT2D eigenvalue weighted by Crippen LogP contribution is -2.32. The number of nitrogens with zero attached hydrogens (tertiary/aromatic N) is 2. The minimum Gasteiger partial charge on any atom is -0.361 e. The third-order valence-corrected chi connectivity index (χ3v) is 4.66. The second kappa shape index (κ2) is 6.26. The van der Waals surface area contributed by atoms with E-state index in [4.69, 9.17) is 0 Å². The van der Waals surface area contributed by atoms with Gasteiger partial charge in [0.05, 0.1) is 10.6 Å². The molecule has 6 heteroatoms. The van der Waals surface area contributed by atoms with Crippen molar-refractivity contribution >= 4 is 28.3 Å². The number of nitrogens with one attached hydrogen (secondary N) is 1. The Hall–Kier alpha value is -1.56. The fourth-order valence-electron chi connectivity index (χ4n) is 2.05. The van der Waals surface area contributed by atoms with E-state index in [1.807, 2.05) is 6.92 Å². The second-order valence-electron chi connectivity index (χ2n) is 5.09. The van der Waals surface area contributed by atoms with Crippen LogP contribution in [0, 0.1) is 23.0 Å². The normalized spacial score (nSPS) is 21.8. The van der Waals surface area contributed by atoms with E-state index in [2.05, 4.69) is 24.2 Å². The van der Waals surface area contributed by atoms with Crippen molar-refractivity contribution in [1.29, 1.82) is 0 Å². The lowest BCUT2D eigenvalue weighted by atomic mass is 10.0. The van der Waals surface area contributed by atoms with Gasteiger partial charge in [0.15, 0.2) is 5.17 Å². The highest BCUT2D eigenvalue weighted by atomic mass is 32.2. The van der Waals surface area contributed by atoms with Crippen molar-refractivity contribution in [2.45, 2.75) is 33.2 Å². The van der Waals surface area contributed by atoms with Crippen molar-refractivity contribution in [3.05, 3.63) is 33.9 Å². The highest BCUT2D eigenvalue weighted by Gasteiger charge is 2.24. The van der Waals surface area contributed by atoms with Gasteiger partial charge in [-0.1, -0.05) is 32.0 Å². The second-order valence-corrected chi connectivity index (χ2v) is 6.10. The van der Waals surface area contributed by atoms with Gasteiger partial charge in [-0.25, -0.2) is 4.99 Å². The molecule has 1 saturated heterocycles. The van der Waals surface area contributed by atoms with Crippen molar-refractivity contribution in [2.75, 3.05) is 5.75 Å². The minimum absolute atomic E-state index is 0.107. The molecule has 1 heterocycles. The number of benzene rings is 1. The van der Waals surface area contributed by atoms with Crippen molar-refractivity contribution in [2.24, 2.45) is 10.9 Å². The highest BCUT2D eigenvalue weighted by molar-refractivity contribution is 8.14. The van der Waals surface area contributed by atoms with Gasteiger partial charge in [-0.3, -0.25) is 10.1 Å². The van der Waals surface area contributed by atoms with Gasteiger partial charge < -0.3 is 5.32 Å². The van der Waals surface area contributed by atoms with Crippen LogP contribution in [0.1, 0.15) is 25.8 Å². The molecule has 2 rings (SSSR count). The van der Waals surface area contributed by atoms with Gasteiger partial charge in [0, 0.05) is 23.9 Å². The molecule has 0 radical (unpaired) electrons. The Morgan fingerprint density at radius 1 is 1.60 bits per heavy atom. The van der Waals surface area contributed by atoms with Gasteiger partial charge >= 0.3 is 0 Å². The summed E-state index contributed by atoms with van der Waals surface area (Å²) in [5.41, 5.74) is 1.72. The molecule has 1 aliphatic rings. The Labute approximate surface area is 123 Å². The third kappa shape index (κ3) is 3.30. The first-order valence-electron chi connectivity index (χ1n) is 6.74. The van der Waals surface area contributed by atoms with Gasteiger partial charge in [-0.05, 0) is 24.5 Å². The Morgan fingerprint density at radius 3 is 2.95 bits per heavy atom. The Morgan fingerprint density at radius 2 is 2.35 bits per heavy atom. The van der Waals surface area contributed by atoms with Crippen molar-refractivity contribution < 1.29 is 4.92 Å². The summed E-state index contributed by atoms with van der Waals surface area (Å²) >= 11 is 1.71. The fourth-order valence-corrected chi connectivity index (χ4v) is 3.20. The number of nitro groups is 1. The molecular weight excluding hydrogens is 274 g/mol. The molecule has 1 fully saturated rings. The number of aryl methyl sites for hydroxylation is 1. The minimum atomic E-state index is -0.383. The van der Waals surface area contributed by atoms with Crippen molar-refractivity contribution in [3.63, 3.8) is 0 Å². The van der Waals surface area contributed by atoms with Crippen LogP contribution in [-0.2, 0) is 0 Å². The summed E-state index contributed by atoms with van der Waals surface area (Å²) in [4.78, 5) is 14.9. The van der Waals surface area contributed by atoms with E-state index in [1.54, 1.807) is 23.9 Å². The lowest BCUT2D eigenvalue weighted by Gasteiger charge is -2.16. The zero-order valence-electron chi connectivity index (χ0n) is 11.9. The quantitative estimate of drug-likeness (QED) is 0.679. The zero-order valence-corrected chi connectivity index (χ0v) is 12.7. The average Bonchev–Trinajstić information content (AvgIpc) is 2.88. The van der Waals surface area contributed by atoms with E-state index < -0.39 is 0 Å². The molecule has 1 aromatic carbocycles. The van der Waals surface area contributed by atoms with Crippen molar-refractivity contribution in [1.82, 2.24) is 5.32 Å². The van der Waals surface area contributed by atoms with Gasteiger partial charge in [0.1, 0.15) is 0 Å². The SMILES string of the molecule is CC[C@H](C)[C@H]1CSC(=Nc2ccc([N+](=O)[O-])cc2C)N1. The Kier molecular flexibility index (Phi) is 4.65. The first kappa shape index (κ1) is 14.8. The van der Waals surface area contributed by atoms with E-state index >= 15 is 0 Å². The van der Waals surface area contributed by atoms with Crippen LogP contribution in [0.25, 0.3) is 0 Å². The summed E-state index contributed by atoms with van der Waals surface area (Å²) in [6, 6.07) is 5.23. The summed E-state index contributed by atoms with van der Waals surface area (Å²) < 4.78 is 0. The number of nitro benzene ring substituents is 1. The molecule has 5 nitrogen and oxygen atoms in total. The van der Waals surface area contributed by atoms with Crippen LogP contribution in [0.15, 0.2) is 23.2 Å². The summed E-state index contributed by atoms with van der Waals surface area (Å²) in [5, 5.41) is 15.1. The predicted octanol–water partition coefficient (Wildman–Crippen LogP) is 3.64. The lowest BCUT2D eigenvalue weighted by molar-refractivity contribution is -0.384. The van der Waals surface area contributed by atoms with E-state index in [0.29, 0.717) is 12.0 Å². The number of rotatable bonds is 4. The van der Waals surface area contributed by atoms with E-state index in [1.165, 1.54) is 6.07 Å². The maximum Gasteiger partial charge on any atom is 0.269 e. The molecular formula is C14H19N3O2S. The Bertz CT molecular complexity index is 545. The molecule has 0 spiro atoms. The van der Waals surface area contributed by atoms with Crippen LogP contribution in [-0.4, -0.2) is 21.9 Å². The largest absolute Gasteiger partial charge is 0.361 e. The maximum absolute atomic E-state index is 10.7. The average molecular weight is 293 g/mol. The van der Waals surface area contributed by atoms with Crippen LogP contribution in [0.5, 0.6) is 0 Å². The topological polar surface area (TPSA) is 67.5 Å². The molecule has 0 unspecified atom stereocenters. The van der Waals surface area contributed by atoms with Gasteiger partial charge in [0.25, 0.3) is 5.69 Å². The molecule has 0 aliphatic carbocycles. The molecule has 0 bridgehead atoms. The Balaban J connectivity index is 2.14. The van der Waals surface area contributed by atoms with E-state index in [0.717, 1.165) is 28.6 Å². The number of thioether (sulfide) groups is 1. The number of non-ortho nitro benzene ring substituents is 1. The van der Waals surface area contributed by atoms with E-state index in [9.17, 15) is 10.1 Å². The first-order valence-corrected chi connectivity index (χ1v) is 7.73. The van der Waals surface area contributed by atoms with Gasteiger partial charge in [-0.2, -0.15) is 0 Å². The van der Waals surface area contributed by atoms with Crippen LogP contribution in [0.4, 0.5) is 11.4 Å². The first-order chi connectivity index (χ1) is 9.51. The smallest absolute Gasteiger partial charge is 0.269 e. The van der Waals surface area contributed by atoms with Crippen LogP contribution in [0.3, 0.4) is 0 Å². The van der Waals surface area contributed by atoms with Crippen LogP contribution in [0.2, 0.25) is 0 Å². The molecule has 0 saturated carbocycles. The molecule has 0 aromatic heterocycles. The number of hydrogen-bond donors (Lipinski definition) is 1. The number of hydrogen-bond acceptors (Lipinski definition) is 4. The zero-order chi connectivity index (χ0) is 14.7. The number of amidine groups is 1. The molecule has 2 atom stereocenters. The standard InChI is InChI=1S/C14H19N3O2S/c1-4-9(2)13-8-20-14(16-13)15-12-6-5-11(17(18)19)7-10(12)3/h5-7,9,13H,4,8H2,1-3H3,(H,15,16)/t9-,13+/m0/s1. The van der Waals surface area contributed by atoms with Crippen LogP contribution >= 0.6 is 11.8 Å². The fraction of sp³-hybridized carbons (Fsp3) is 0.500. The number of aliphatic imine (C=N–C) groups is 1. The molecule has 1 N–H and O–H groups in total. The molecule has 20 heavy (non-hydrogen) atoms. The maximum atomic E-state index is 10.7. The third-order valence-electron chi connectivity index (χ3n) is 3.65. The monoisotopic (exact) mass is 293 g/mol. The molecule has 1 aromatic rings. The summed E-state index contributed by atoms with van der Waals surface area (Å²) in [6.45, 7) is 6.27. The van der Waals surface area contributed by atoms with Gasteiger partial charge in [-0.15, -0.1) is 0 Å². The molecule has 1 aliphatic heterocycles.